The van der Waals surface area contributed by atoms with Gasteiger partial charge in [0.2, 0.25) is 0 Å². The van der Waals surface area contributed by atoms with Gasteiger partial charge in [0, 0.05) is 0 Å². The van der Waals surface area contributed by atoms with Crippen LogP contribution in [0.2, 0.25) is 0 Å². The Morgan fingerprint density at radius 3 is 3.06 bits per heavy atom. The van der Waals surface area contributed by atoms with Crippen LogP contribution in [-0.2, 0) is 9.47 Å². The van der Waals surface area contributed by atoms with Gasteiger partial charge in [-0.3, -0.25) is 0 Å². The summed E-state index contributed by atoms with van der Waals surface area (Å²) in [5.74, 6) is 0.604. The Balaban J connectivity index is 1.96. The predicted molar refractivity (Wildman–Crippen MR) is 61.9 cm³/mol. The van der Waals surface area contributed by atoms with Crippen LogP contribution in [0.15, 0.2) is 18.2 Å². The first kappa shape index (κ1) is 11.9. The molecule has 0 amide bonds. The third kappa shape index (κ3) is 3.19. The Morgan fingerprint density at radius 1 is 1.47 bits per heavy atom. The normalized spacial score (nSPS) is 19.6. The zero-order valence-electron chi connectivity index (χ0n) is 9.81. The first-order valence-corrected chi connectivity index (χ1v) is 5.62. The lowest BCUT2D eigenvalue weighted by molar-refractivity contribution is -0.101. The van der Waals surface area contributed by atoms with Crippen LogP contribution in [0.3, 0.4) is 0 Å². The van der Waals surface area contributed by atoms with Crippen molar-refractivity contribution in [3.63, 3.8) is 0 Å². The van der Waals surface area contributed by atoms with Crippen LogP contribution in [0.4, 0.5) is 0 Å². The number of aryl methyl sites for hydroxylation is 1. The second kappa shape index (κ2) is 5.67. The molecule has 1 aromatic rings. The molecule has 1 saturated heterocycles. The highest BCUT2D eigenvalue weighted by Crippen LogP contribution is 2.19. The highest BCUT2D eigenvalue weighted by Gasteiger charge is 2.15. The molecule has 0 N–H and O–H groups in total. The number of hydrogen-bond donors (Lipinski definition) is 0. The Kier molecular flexibility index (Phi) is 3.97. The third-order valence-corrected chi connectivity index (χ3v) is 2.57. The zero-order chi connectivity index (χ0) is 12.1. The first-order valence-electron chi connectivity index (χ1n) is 5.62. The molecule has 4 nitrogen and oxygen atoms in total. The van der Waals surface area contributed by atoms with Crippen molar-refractivity contribution >= 4 is 0 Å². The topological polar surface area (TPSA) is 51.5 Å². The van der Waals surface area contributed by atoms with Crippen molar-refractivity contribution in [1.29, 1.82) is 5.26 Å². The highest BCUT2D eigenvalue weighted by atomic mass is 16.6. The average molecular weight is 233 g/mol. The molecule has 1 aliphatic heterocycles. The van der Waals surface area contributed by atoms with Crippen LogP contribution in [0.1, 0.15) is 11.1 Å². The number of nitriles is 1. The van der Waals surface area contributed by atoms with Crippen LogP contribution < -0.4 is 4.74 Å². The Hall–Kier alpha value is -1.57. The van der Waals surface area contributed by atoms with E-state index in [-0.39, 0.29) is 6.10 Å². The van der Waals surface area contributed by atoms with Gasteiger partial charge >= 0.3 is 0 Å². The SMILES string of the molecule is Cc1ccc(OCC2COCCO2)c(C#N)c1. The van der Waals surface area contributed by atoms with E-state index in [9.17, 15) is 0 Å². The minimum absolute atomic E-state index is 0.0448. The van der Waals surface area contributed by atoms with Gasteiger partial charge in [0.1, 0.15) is 24.5 Å². The lowest BCUT2D eigenvalue weighted by Gasteiger charge is -2.23. The van der Waals surface area contributed by atoms with Crippen molar-refractivity contribution in [2.24, 2.45) is 0 Å². The summed E-state index contributed by atoms with van der Waals surface area (Å²) < 4.78 is 16.3. The third-order valence-electron chi connectivity index (χ3n) is 2.57. The van der Waals surface area contributed by atoms with Crippen molar-refractivity contribution < 1.29 is 14.2 Å². The molecule has 0 radical (unpaired) electrons. The average Bonchev–Trinajstić information content (AvgIpc) is 2.38. The molecular weight excluding hydrogens is 218 g/mol. The quantitative estimate of drug-likeness (QED) is 0.796. The summed E-state index contributed by atoms with van der Waals surface area (Å²) in [7, 11) is 0. The largest absolute Gasteiger partial charge is 0.489 e. The number of rotatable bonds is 3. The van der Waals surface area contributed by atoms with Crippen LogP contribution in [0, 0.1) is 18.3 Å². The van der Waals surface area contributed by atoms with Gasteiger partial charge < -0.3 is 14.2 Å². The monoisotopic (exact) mass is 233 g/mol. The van der Waals surface area contributed by atoms with Gasteiger partial charge in [0.15, 0.2) is 0 Å². The van der Waals surface area contributed by atoms with E-state index in [1.807, 2.05) is 25.1 Å². The lowest BCUT2D eigenvalue weighted by Crippen LogP contribution is -2.33. The maximum absolute atomic E-state index is 8.99. The summed E-state index contributed by atoms with van der Waals surface area (Å²) in [6.45, 7) is 4.16. The van der Waals surface area contributed by atoms with E-state index in [0.717, 1.165) is 5.56 Å². The summed E-state index contributed by atoms with van der Waals surface area (Å²) in [6, 6.07) is 7.68. The van der Waals surface area contributed by atoms with E-state index in [0.29, 0.717) is 37.7 Å². The minimum Gasteiger partial charge on any atom is -0.489 e. The lowest BCUT2D eigenvalue weighted by atomic mass is 10.1. The van der Waals surface area contributed by atoms with Gasteiger partial charge in [0.25, 0.3) is 0 Å². The molecule has 4 heteroatoms. The number of ether oxygens (including phenoxy) is 3. The summed E-state index contributed by atoms with van der Waals surface area (Å²) in [5, 5.41) is 8.99. The standard InChI is InChI=1S/C13H15NO3/c1-10-2-3-13(11(6-10)7-14)17-9-12-8-15-4-5-16-12/h2-3,6,12H,4-5,8-9H2,1H3. The van der Waals surface area contributed by atoms with Crippen LogP contribution >= 0.6 is 0 Å². The fraction of sp³-hybridized carbons (Fsp3) is 0.462. The van der Waals surface area contributed by atoms with Crippen molar-refractivity contribution in [3.8, 4) is 11.8 Å². The van der Waals surface area contributed by atoms with Gasteiger partial charge in [0.05, 0.1) is 25.4 Å². The van der Waals surface area contributed by atoms with Gasteiger partial charge in [-0.15, -0.1) is 0 Å². The molecule has 17 heavy (non-hydrogen) atoms. The first-order chi connectivity index (χ1) is 8.29. The molecule has 1 atom stereocenters. The highest BCUT2D eigenvalue weighted by molar-refractivity contribution is 5.45. The molecule has 1 aromatic carbocycles. The number of benzene rings is 1. The van der Waals surface area contributed by atoms with Crippen LogP contribution in [0.5, 0.6) is 5.75 Å². The summed E-state index contributed by atoms with van der Waals surface area (Å²) in [4.78, 5) is 0. The van der Waals surface area contributed by atoms with E-state index in [1.54, 1.807) is 0 Å². The van der Waals surface area contributed by atoms with Crippen molar-refractivity contribution in [2.75, 3.05) is 26.4 Å². The smallest absolute Gasteiger partial charge is 0.137 e. The van der Waals surface area contributed by atoms with E-state index < -0.39 is 0 Å². The molecular formula is C13H15NO3. The molecule has 0 saturated carbocycles. The summed E-state index contributed by atoms with van der Waals surface area (Å²) in [6.07, 6.45) is -0.0448. The van der Waals surface area contributed by atoms with E-state index in [1.165, 1.54) is 0 Å². The Bertz CT molecular complexity index is 419. The number of hydrogen-bond acceptors (Lipinski definition) is 4. The maximum Gasteiger partial charge on any atom is 0.137 e. The van der Waals surface area contributed by atoms with Gasteiger partial charge in [-0.05, 0) is 24.6 Å². The molecule has 1 heterocycles. The molecule has 0 spiro atoms. The van der Waals surface area contributed by atoms with E-state index in [2.05, 4.69) is 6.07 Å². The molecule has 1 fully saturated rings. The molecule has 1 unspecified atom stereocenters. The maximum atomic E-state index is 8.99. The van der Waals surface area contributed by atoms with Crippen molar-refractivity contribution in [1.82, 2.24) is 0 Å². The second-order valence-corrected chi connectivity index (χ2v) is 3.99. The Labute approximate surface area is 101 Å². The number of nitrogens with zero attached hydrogens (tertiary/aromatic N) is 1. The fourth-order valence-electron chi connectivity index (χ4n) is 1.67. The van der Waals surface area contributed by atoms with E-state index >= 15 is 0 Å². The van der Waals surface area contributed by atoms with Crippen molar-refractivity contribution in [2.45, 2.75) is 13.0 Å². The van der Waals surface area contributed by atoms with Crippen LogP contribution in [0.25, 0.3) is 0 Å². The molecule has 2 rings (SSSR count). The van der Waals surface area contributed by atoms with E-state index in [4.69, 9.17) is 19.5 Å². The molecule has 0 bridgehead atoms. The zero-order valence-corrected chi connectivity index (χ0v) is 9.81. The summed E-state index contributed by atoms with van der Waals surface area (Å²) in [5.41, 5.74) is 1.60. The van der Waals surface area contributed by atoms with Crippen molar-refractivity contribution in [3.05, 3.63) is 29.3 Å². The molecule has 90 valence electrons. The van der Waals surface area contributed by atoms with Crippen LogP contribution in [-0.4, -0.2) is 32.5 Å². The molecule has 0 aromatic heterocycles. The fourth-order valence-corrected chi connectivity index (χ4v) is 1.67. The molecule has 0 aliphatic carbocycles. The van der Waals surface area contributed by atoms with Gasteiger partial charge in [-0.2, -0.15) is 5.26 Å². The summed E-state index contributed by atoms with van der Waals surface area (Å²) >= 11 is 0. The second-order valence-electron chi connectivity index (χ2n) is 3.99. The van der Waals surface area contributed by atoms with Gasteiger partial charge in [-0.25, -0.2) is 0 Å². The molecule has 1 aliphatic rings. The predicted octanol–water partition coefficient (Wildman–Crippen LogP) is 1.66. The van der Waals surface area contributed by atoms with Gasteiger partial charge in [-0.1, -0.05) is 6.07 Å². The minimum atomic E-state index is -0.0448. The Morgan fingerprint density at radius 2 is 2.35 bits per heavy atom.